The lowest BCUT2D eigenvalue weighted by atomic mass is 9.73. The molecule has 0 unspecified atom stereocenters. The van der Waals surface area contributed by atoms with E-state index in [1.807, 2.05) is 30.3 Å². The molecule has 1 aromatic carbocycles. The first-order chi connectivity index (χ1) is 13.4. The molecular formula is C21H24N2O5. The highest BCUT2D eigenvalue weighted by molar-refractivity contribution is 5.93. The number of pyridine rings is 1. The summed E-state index contributed by atoms with van der Waals surface area (Å²) in [5.74, 6) is -1.93. The van der Waals surface area contributed by atoms with E-state index in [4.69, 9.17) is 0 Å². The van der Waals surface area contributed by atoms with Crippen LogP contribution in [-0.4, -0.2) is 51.4 Å². The first-order valence-electron chi connectivity index (χ1n) is 9.33. The third-order valence-corrected chi connectivity index (χ3v) is 5.46. The van der Waals surface area contributed by atoms with Crippen LogP contribution in [0.5, 0.6) is 0 Å². The summed E-state index contributed by atoms with van der Waals surface area (Å²) in [6.07, 6.45) is 2.36. The van der Waals surface area contributed by atoms with Crippen LogP contribution in [0.4, 0.5) is 5.82 Å². The number of carboxylic acids is 2. The van der Waals surface area contributed by atoms with Crippen LogP contribution in [0.15, 0.2) is 48.7 Å². The van der Waals surface area contributed by atoms with Gasteiger partial charge in [-0.3, -0.25) is 4.79 Å². The molecular weight excluding hydrogens is 360 g/mol. The Morgan fingerprint density at radius 1 is 1.14 bits per heavy atom. The molecule has 0 amide bonds. The van der Waals surface area contributed by atoms with Crippen molar-refractivity contribution in [2.75, 3.05) is 18.0 Å². The third kappa shape index (κ3) is 3.99. The normalized spacial score (nSPS) is 22.0. The number of hydrogen-bond acceptors (Lipinski definition) is 5. The summed E-state index contributed by atoms with van der Waals surface area (Å²) in [6.45, 7) is 0.377. The molecule has 3 N–H and O–H groups in total. The number of hydrogen-bond donors (Lipinski definition) is 3. The highest BCUT2D eigenvalue weighted by atomic mass is 16.4. The number of aryl methyl sites for hydroxylation is 1. The van der Waals surface area contributed by atoms with Gasteiger partial charge in [0.25, 0.3) is 0 Å². The first kappa shape index (κ1) is 19.8. The van der Waals surface area contributed by atoms with Gasteiger partial charge in [-0.25, -0.2) is 9.78 Å². The van der Waals surface area contributed by atoms with Crippen molar-refractivity contribution in [3.63, 3.8) is 0 Å². The van der Waals surface area contributed by atoms with Crippen LogP contribution in [0.3, 0.4) is 0 Å². The SMILES string of the molecule is O=C(O)c1cccnc1N1CC[C@H](O)[C@](CCCc2ccccc2)(C(=O)O)C1. The lowest BCUT2D eigenvalue weighted by Gasteiger charge is -2.44. The quantitative estimate of drug-likeness (QED) is 0.672. The number of carboxylic acid groups (broad SMARTS) is 2. The van der Waals surface area contributed by atoms with Gasteiger partial charge in [0.15, 0.2) is 0 Å². The maximum absolute atomic E-state index is 12.2. The van der Waals surface area contributed by atoms with E-state index in [0.29, 0.717) is 25.8 Å². The number of aliphatic carboxylic acids is 1. The highest BCUT2D eigenvalue weighted by Gasteiger charge is 2.49. The molecule has 2 heterocycles. The van der Waals surface area contributed by atoms with Gasteiger partial charge in [0.05, 0.1) is 6.10 Å². The summed E-state index contributed by atoms with van der Waals surface area (Å²) in [4.78, 5) is 29.6. The predicted molar refractivity (Wildman–Crippen MR) is 103 cm³/mol. The number of aliphatic hydroxyl groups excluding tert-OH is 1. The lowest BCUT2D eigenvalue weighted by Crippen LogP contribution is -2.56. The highest BCUT2D eigenvalue weighted by Crippen LogP contribution is 2.38. The van der Waals surface area contributed by atoms with Crippen LogP contribution in [0, 0.1) is 5.41 Å². The molecule has 3 rings (SSSR count). The van der Waals surface area contributed by atoms with Crippen LogP contribution < -0.4 is 4.90 Å². The smallest absolute Gasteiger partial charge is 0.339 e. The van der Waals surface area contributed by atoms with Crippen LogP contribution >= 0.6 is 0 Å². The number of anilines is 1. The van der Waals surface area contributed by atoms with Crippen LogP contribution in [0.2, 0.25) is 0 Å². The van der Waals surface area contributed by atoms with Crippen molar-refractivity contribution >= 4 is 17.8 Å². The first-order valence-corrected chi connectivity index (χ1v) is 9.33. The van der Waals surface area contributed by atoms with E-state index in [2.05, 4.69) is 4.98 Å². The Kier molecular flexibility index (Phi) is 5.94. The minimum absolute atomic E-state index is 0.0234. The number of rotatable bonds is 7. The average Bonchev–Trinajstić information content (AvgIpc) is 2.70. The molecule has 1 fully saturated rings. The van der Waals surface area contributed by atoms with E-state index >= 15 is 0 Å². The number of aromatic carboxylic acids is 1. The number of piperidine rings is 1. The number of aliphatic hydroxyl groups is 1. The summed E-state index contributed by atoms with van der Waals surface area (Å²) in [5, 5.41) is 30.0. The van der Waals surface area contributed by atoms with E-state index in [9.17, 15) is 24.9 Å². The summed E-state index contributed by atoms with van der Waals surface area (Å²) in [7, 11) is 0. The van der Waals surface area contributed by atoms with Crippen molar-refractivity contribution in [2.24, 2.45) is 5.41 Å². The molecule has 0 bridgehead atoms. The minimum atomic E-state index is -1.36. The fraction of sp³-hybridized carbons (Fsp3) is 0.381. The molecule has 1 aliphatic heterocycles. The fourth-order valence-corrected chi connectivity index (χ4v) is 3.89. The molecule has 2 atom stereocenters. The molecule has 7 nitrogen and oxygen atoms in total. The van der Waals surface area contributed by atoms with Crippen LogP contribution in [0.25, 0.3) is 0 Å². The predicted octanol–water partition coefficient (Wildman–Crippen LogP) is 2.44. The number of nitrogens with zero attached hydrogens (tertiary/aromatic N) is 2. The Morgan fingerprint density at radius 2 is 1.89 bits per heavy atom. The van der Waals surface area contributed by atoms with Crippen molar-refractivity contribution < 1.29 is 24.9 Å². The second kappa shape index (κ2) is 8.39. The Labute approximate surface area is 163 Å². The Balaban J connectivity index is 1.81. The molecule has 1 saturated heterocycles. The summed E-state index contributed by atoms with van der Waals surface area (Å²) in [6, 6.07) is 12.8. The average molecular weight is 384 g/mol. The van der Waals surface area contributed by atoms with E-state index in [-0.39, 0.29) is 24.3 Å². The number of carbonyl (C=O) groups is 2. The Bertz CT molecular complexity index is 842. The van der Waals surface area contributed by atoms with Crippen molar-refractivity contribution in [2.45, 2.75) is 31.8 Å². The molecule has 0 saturated carbocycles. The van der Waals surface area contributed by atoms with E-state index in [1.54, 1.807) is 4.90 Å². The molecule has 0 aliphatic carbocycles. The van der Waals surface area contributed by atoms with Gasteiger partial charge in [-0.1, -0.05) is 30.3 Å². The maximum Gasteiger partial charge on any atom is 0.339 e. The second-order valence-corrected chi connectivity index (χ2v) is 7.21. The molecule has 2 aromatic rings. The summed E-state index contributed by atoms with van der Waals surface area (Å²) < 4.78 is 0. The van der Waals surface area contributed by atoms with Crippen molar-refractivity contribution in [1.29, 1.82) is 0 Å². The summed E-state index contributed by atoms with van der Waals surface area (Å²) in [5.41, 5.74) is -0.217. The number of benzene rings is 1. The van der Waals surface area contributed by atoms with Gasteiger partial charge in [-0.2, -0.15) is 0 Å². The monoisotopic (exact) mass is 384 g/mol. The number of aromatic nitrogens is 1. The maximum atomic E-state index is 12.2. The van der Waals surface area contributed by atoms with Crippen LogP contribution in [0.1, 0.15) is 35.2 Å². The molecule has 28 heavy (non-hydrogen) atoms. The van der Waals surface area contributed by atoms with E-state index in [1.165, 1.54) is 18.3 Å². The third-order valence-electron chi connectivity index (χ3n) is 5.46. The van der Waals surface area contributed by atoms with Gasteiger partial charge in [-0.05, 0) is 43.4 Å². The van der Waals surface area contributed by atoms with Gasteiger partial charge in [0, 0.05) is 19.3 Å². The minimum Gasteiger partial charge on any atom is -0.481 e. The zero-order valence-electron chi connectivity index (χ0n) is 15.5. The molecule has 1 aliphatic rings. The lowest BCUT2D eigenvalue weighted by molar-refractivity contribution is -0.158. The van der Waals surface area contributed by atoms with Crippen molar-refractivity contribution in [1.82, 2.24) is 4.98 Å². The summed E-state index contributed by atoms with van der Waals surface area (Å²) >= 11 is 0. The van der Waals surface area contributed by atoms with Crippen LogP contribution in [-0.2, 0) is 11.2 Å². The largest absolute Gasteiger partial charge is 0.481 e. The standard InChI is InChI=1S/C21H24N2O5/c24-17-10-13-23(18-16(19(25)26)9-5-12-22-18)14-21(17,20(27)28)11-4-8-15-6-2-1-3-7-15/h1-3,5-7,9,12,17,24H,4,8,10-11,13-14H2,(H,25,26)(H,27,28)/t17-,21+/m0/s1. The molecule has 7 heteroatoms. The second-order valence-electron chi connectivity index (χ2n) is 7.21. The zero-order chi connectivity index (χ0) is 20.1. The van der Waals surface area contributed by atoms with Gasteiger partial charge >= 0.3 is 11.9 Å². The van der Waals surface area contributed by atoms with E-state index in [0.717, 1.165) is 5.56 Å². The van der Waals surface area contributed by atoms with Crippen molar-refractivity contribution in [3.05, 3.63) is 59.8 Å². The van der Waals surface area contributed by atoms with E-state index < -0.39 is 23.5 Å². The Morgan fingerprint density at radius 3 is 2.57 bits per heavy atom. The van der Waals surface area contributed by atoms with Gasteiger partial charge in [0.2, 0.25) is 0 Å². The molecule has 0 radical (unpaired) electrons. The Hall–Kier alpha value is -2.93. The fourth-order valence-electron chi connectivity index (χ4n) is 3.89. The topological polar surface area (TPSA) is 111 Å². The molecule has 0 spiro atoms. The molecule has 148 valence electrons. The van der Waals surface area contributed by atoms with Gasteiger partial charge in [0.1, 0.15) is 16.8 Å². The van der Waals surface area contributed by atoms with Gasteiger partial charge in [-0.15, -0.1) is 0 Å². The van der Waals surface area contributed by atoms with Gasteiger partial charge < -0.3 is 20.2 Å². The zero-order valence-corrected chi connectivity index (χ0v) is 15.5. The van der Waals surface area contributed by atoms with Crippen molar-refractivity contribution in [3.8, 4) is 0 Å². The molecule has 1 aromatic heterocycles.